The standard InChI is InChI=1S/C21H33N3O4.ClH/c1-21(2)15-23(7-6-19(21)22)13-16-4-5-17(18(12-16)26-3)28-14-20(25)24-8-10-27-11-9-24;/h4-5,12,19H,6-11,13-15,22H2,1-3H3;1H. The molecule has 0 bridgehead atoms. The average Bonchev–Trinajstić information content (AvgIpc) is 2.70. The number of hydrogen-bond acceptors (Lipinski definition) is 6. The van der Waals surface area contributed by atoms with Crippen LogP contribution in [0.15, 0.2) is 18.2 Å². The fraction of sp³-hybridized carbons (Fsp3) is 0.667. The molecule has 2 N–H and O–H groups in total. The Bertz CT molecular complexity index is 680. The van der Waals surface area contributed by atoms with Gasteiger partial charge in [-0.3, -0.25) is 9.69 Å². The molecule has 2 saturated heterocycles. The van der Waals surface area contributed by atoms with Gasteiger partial charge in [-0.25, -0.2) is 0 Å². The van der Waals surface area contributed by atoms with E-state index < -0.39 is 0 Å². The fourth-order valence-corrected chi connectivity index (χ4v) is 3.85. The van der Waals surface area contributed by atoms with Crippen LogP contribution in [-0.2, 0) is 16.1 Å². The fourth-order valence-electron chi connectivity index (χ4n) is 3.85. The van der Waals surface area contributed by atoms with Crippen molar-refractivity contribution in [1.29, 1.82) is 0 Å². The van der Waals surface area contributed by atoms with E-state index in [1.807, 2.05) is 18.2 Å². The number of carbonyl (C=O) groups excluding carboxylic acids is 1. The third-order valence-corrected chi connectivity index (χ3v) is 5.74. The summed E-state index contributed by atoms with van der Waals surface area (Å²) in [7, 11) is 1.62. The molecular weight excluding hydrogens is 394 g/mol. The van der Waals surface area contributed by atoms with E-state index in [-0.39, 0.29) is 36.4 Å². The lowest BCUT2D eigenvalue weighted by Crippen LogP contribution is -2.52. The Hall–Kier alpha value is -1.54. The maximum Gasteiger partial charge on any atom is 0.260 e. The predicted octanol–water partition coefficient (Wildman–Crippen LogP) is 1.91. The summed E-state index contributed by atoms with van der Waals surface area (Å²) in [6.45, 7) is 9.70. The third kappa shape index (κ3) is 6.22. The smallest absolute Gasteiger partial charge is 0.260 e. The second-order valence-corrected chi connectivity index (χ2v) is 8.36. The van der Waals surface area contributed by atoms with E-state index >= 15 is 0 Å². The molecule has 1 amide bonds. The lowest BCUT2D eigenvalue weighted by Gasteiger charge is -2.42. The van der Waals surface area contributed by atoms with Crippen LogP contribution >= 0.6 is 12.4 Å². The van der Waals surface area contributed by atoms with E-state index in [0.717, 1.165) is 31.6 Å². The van der Waals surface area contributed by atoms with Crippen molar-refractivity contribution in [2.75, 3.05) is 53.1 Å². The molecule has 1 aromatic carbocycles. The Morgan fingerprint density at radius 2 is 1.97 bits per heavy atom. The number of piperidine rings is 1. The molecule has 0 saturated carbocycles. The third-order valence-electron chi connectivity index (χ3n) is 5.74. The maximum atomic E-state index is 12.3. The van der Waals surface area contributed by atoms with Crippen LogP contribution < -0.4 is 15.2 Å². The number of hydrogen-bond donors (Lipinski definition) is 1. The molecule has 7 nitrogen and oxygen atoms in total. The van der Waals surface area contributed by atoms with Crippen molar-refractivity contribution in [3.63, 3.8) is 0 Å². The van der Waals surface area contributed by atoms with E-state index in [1.54, 1.807) is 12.0 Å². The number of benzene rings is 1. The second-order valence-electron chi connectivity index (χ2n) is 8.36. The SMILES string of the molecule is COc1cc(CN2CCC(N)C(C)(C)C2)ccc1OCC(=O)N1CCOCC1.Cl. The molecule has 1 unspecified atom stereocenters. The molecule has 2 fully saturated rings. The van der Waals surface area contributed by atoms with E-state index in [1.165, 1.54) is 0 Å². The Labute approximate surface area is 179 Å². The Balaban J connectivity index is 0.00000300. The minimum absolute atomic E-state index is 0. The molecular formula is C21H34ClN3O4. The molecule has 2 aliphatic rings. The first-order valence-corrected chi connectivity index (χ1v) is 10.0. The summed E-state index contributed by atoms with van der Waals surface area (Å²) in [5, 5.41) is 0. The van der Waals surface area contributed by atoms with Gasteiger partial charge in [0.2, 0.25) is 0 Å². The molecule has 2 aliphatic heterocycles. The second kappa shape index (κ2) is 10.5. The zero-order valence-corrected chi connectivity index (χ0v) is 18.5. The Kier molecular flexibility index (Phi) is 8.58. The number of amides is 1. The molecule has 164 valence electrons. The summed E-state index contributed by atoms with van der Waals surface area (Å²) in [6.07, 6.45) is 1.01. The number of nitrogens with zero attached hydrogens (tertiary/aromatic N) is 2. The molecule has 0 aromatic heterocycles. The summed E-state index contributed by atoms with van der Waals surface area (Å²) in [4.78, 5) is 16.5. The van der Waals surface area contributed by atoms with Crippen molar-refractivity contribution in [3.8, 4) is 11.5 Å². The summed E-state index contributed by atoms with van der Waals surface area (Å²) in [6, 6.07) is 6.18. The van der Waals surface area contributed by atoms with Gasteiger partial charge in [-0.2, -0.15) is 0 Å². The number of rotatable bonds is 6. The molecule has 8 heteroatoms. The van der Waals surface area contributed by atoms with Crippen LogP contribution in [0.2, 0.25) is 0 Å². The van der Waals surface area contributed by atoms with Crippen LogP contribution in [0, 0.1) is 5.41 Å². The number of carbonyl (C=O) groups is 1. The number of ether oxygens (including phenoxy) is 3. The van der Waals surface area contributed by atoms with Crippen LogP contribution in [-0.4, -0.2) is 74.9 Å². The molecule has 0 spiro atoms. The monoisotopic (exact) mass is 427 g/mol. The van der Waals surface area contributed by atoms with Crippen molar-refractivity contribution in [2.45, 2.75) is 32.9 Å². The number of morpholine rings is 1. The highest BCUT2D eigenvalue weighted by molar-refractivity contribution is 5.85. The molecule has 3 rings (SSSR count). The van der Waals surface area contributed by atoms with E-state index in [4.69, 9.17) is 19.9 Å². The summed E-state index contributed by atoms with van der Waals surface area (Å²) in [5.41, 5.74) is 7.52. The largest absolute Gasteiger partial charge is 0.493 e. The average molecular weight is 428 g/mol. The van der Waals surface area contributed by atoms with E-state index in [2.05, 4.69) is 18.7 Å². The van der Waals surface area contributed by atoms with E-state index in [9.17, 15) is 4.79 Å². The van der Waals surface area contributed by atoms with Gasteiger partial charge in [0.15, 0.2) is 18.1 Å². The van der Waals surface area contributed by atoms with Crippen LogP contribution in [0.5, 0.6) is 11.5 Å². The van der Waals surface area contributed by atoms with Gasteiger partial charge in [0, 0.05) is 38.8 Å². The quantitative estimate of drug-likeness (QED) is 0.747. The lowest BCUT2D eigenvalue weighted by atomic mass is 9.79. The van der Waals surface area contributed by atoms with Gasteiger partial charge in [-0.15, -0.1) is 12.4 Å². The van der Waals surface area contributed by atoms with Crippen molar-refractivity contribution in [2.24, 2.45) is 11.1 Å². The Morgan fingerprint density at radius 3 is 2.62 bits per heavy atom. The van der Waals surface area contributed by atoms with Gasteiger partial charge >= 0.3 is 0 Å². The highest BCUT2D eigenvalue weighted by atomic mass is 35.5. The molecule has 29 heavy (non-hydrogen) atoms. The lowest BCUT2D eigenvalue weighted by molar-refractivity contribution is -0.137. The topological polar surface area (TPSA) is 77.3 Å². The van der Waals surface area contributed by atoms with Crippen molar-refractivity contribution in [3.05, 3.63) is 23.8 Å². The summed E-state index contributed by atoms with van der Waals surface area (Å²) >= 11 is 0. The normalized spacial score (nSPS) is 21.9. The van der Waals surface area contributed by atoms with Gasteiger partial charge in [0.05, 0.1) is 20.3 Å². The number of likely N-dealkylation sites (tertiary alicyclic amines) is 1. The highest BCUT2D eigenvalue weighted by Crippen LogP contribution is 2.31. The molecule has 2 heterocycles. The first kappa shape index (κ1) is 23.7. The first-order chi connectivity index (χ1) is 13.4. The molecule has 1 aromatic rings. The first-order valence-electron chi connectivity index (χ1n) is 10.0. The van der Waals surface area contributed by atoms with Crippen LogP contribution in [0.3, 0.4) is 0 Å². The van der Waals surface area contributed by atoms with Gasteiger partial charge in [-0.1, -0.05) is 19.9 Å². The zero-order valence-electron chi connectivity index (χ0n) is 17.7. The number of methoxy groups -OCH3 is 1. The minimum Gasteiger partial charge on any atom is -0.493 e. The maximum absolute atomic E-state index is 12.3. The van der Waals surface area contributed by atoms with Crippen molar-refractivity contribution < 1.29 is 19.0 Å². The molecule has 1 atom stereocenters. The summed E-state index contributed by atoms with van der Waals surface area (Å²) in [5.74, 6) is 1.22. The van der Waals surface area contributed by atoms with Gasteiger partial charge in [0.1, 0.15) is 0 Å². The molecule has 0 radical (unpaired) electrons. The van der Waals surface area contributed by atoms with Crippen LogP contribution in [0.4, 0.5) is 0 Å². The van der Waals surface area contributed by atoms with E-state index in [0.29, 0.717) is 37.8 Å². The Morgan fingerprint density at radius 1 is 1.24 bits per heavy atom. The minimum atomic E-state index is -0.0266. The number of nitrogens with two attached hydrogens (primary N) is 1. The van der Waals surface area contributed by atoms with Gasteiger partial charge in [0.25, 0.3) is 5.91 Å². The van der Waals surface area contributed by atoms with Crippen LogP contribution in [0.25, 0.3) is 0 Å². The van der Waals surface area contributed by atoms with Crippen molar-refractivity contribution in [1.82, 2.24) is 9.80 Å². The predicted molar refractivity (Wildman–Crippen MR) is 115 cm³/mol. The highest BCUT2D eigenvalue weighted by Gasteiger charge is 2.33. The zero-order chi connectivity index (χ0) is 20.1. The number of halogens is 1. The molecule has 0 aliphatic carbocycles. The van der Waals surface area contributed by atoms with Crippen molar-refractivity contribution >= 4 is 18.3 Å². The van der Waals surface area contributed by atoms with Crippen LogP contribution in [0.1, 0.15) is 25.8 Å². The van der Waals surface area contributed by atoms with Gasteiger partial charge < -0.3 is 24.8 Å². The summed E-state index contributed by atoms with van der Waals surface area (Å²) < 4.78 is 16.5. The van der Waals surface area contributed by atoms with Gasteiger partial charge in [-0.05, 0) is 29.5 Å².